The first kappa shape index (κ1) is 16.0. The van der Waals surface area contributed by atoms with Crippen molar-refractivity contribution in [2.75, 3.05) is 27.3 Å². The van der Waals surface area contributed by atoms with Crippen molar-refractivity contribution >= 4 is 0 Å². The molecule has 0 aliphatic rings. The summed E-state index contributed by atoms with van der Waals surface area (Å²) in [5, 5.41) is 9.51. The Bertz CT molecular complexity index is 415. The summed E-state index contributed by atoms with van der Waals surface area (Å²) in [5.74, 6) is 1.13. The summed E-state index contributed by atoms with van der Waals surface area (Å²) in [6.45, 7) is 9.08. The van der Waals surface area contributed by atoms with E-state index in [2.05, 4.69) is 37.8 Å². The molecule has 19 heavy (non-hydrogen) atoms. The van der Waals surface area contributed by atoms with Crippen LogP contribution in [0.5, 0.6) is 5.75 Å². The van der Waals surface area contributed by atoms with Crippen molar-refractivity contribution in [3.8, 4) is 5.75 Å². The van der Waals surface area contributed by atoms with Gasteiger partial charge in [-0.3, -0.25) is 0 Å². The van der Waals surface area contributed by atoms with E-state index in [-0.39, 0.29) is 18.6 Å². The zero-order chi connectivity index (χ0) is 14.6. The zero-order valence-corrected chi connectivity index (χ0v) is 13.0. The quantitative estimate of drug-likeness (QED) is 0.858. The largest absolute Gasteiger partial charge is 0.493 e. The molecule has 2 unspecified atom stereocenters. The second-order valence-electron chi connectivity index (χ2n) is 5.50. The lowest BCUT2D eigenvalue weighted by Gasteiger charge is -2.31. The number of rotatable bonds is 6. The average molecular weight is 265 g/mol. The molecule has 2 atom stereocenters. The van der Waals surface area contributed by atoms with Crippen molar-refractivity contribution in [2.45, 2.75) is 33.7 Å². The average Bonchev–Trinajstić information content (AvgIpc) is 2.32. The number of hydrogen-bond acceptors (Lipinski definition) is 3. The maximum atomic E-state index is 9.51. The van der Waals surface area contributed by atoms with Crippen molar-refractivity contribution in [1.29, 1.82) is 0 Å². The van der Waals surface area contributed by atoms with Crippen LogP contribution in [0.4, 0.5) is 0 Å². The van der Waals surface area contributed by atoms with Crippen LogP contribution in [0.15, 0.2) is 12.1 Å². The summed E-state index contributed by atoms with van der Waals surface area (Å²) in [7, 11) is 4.09. The van der Waals surface area contributed by atoms with Crippen molar-refractivity contribution in [3.05, 3.63) is 28.8 Å². The molecule has 0 radical (unpaired) electrons. The second kappa shape index (κ2) is 6.92. The Hall–Kier alpha value is -1.06. The summed E-state index contributed by atoms with van der Waals surface area (Å²) < 4.78 is 5.84. The number of ether oxygens (including phenoxy) is 1. The molecule has 0 aromatic heterocycles. The number of aryl methyl sites for hydroxylation is 2. The molecule has 0 aliphatic heterocycles. The fourth-order valence-corrected chi connectivity index (χ4v) is 2.74. The predicted octanol–water partition coefficient (Wildman–Crippen LogP) is 2.93. The standard InChI is InChI=1S/C16H27NO2/c1-7-19-16-12(3)8-11(2)9-14(16)15(17(5)6)13(4)10-18/h8-9,13,15,18H,7,10H2,1-6H3. The second-order valence-corrected chi connectivity index (χ2v) is 5.50. The highest BCUT2D eigenvalue weighted by molar-refractivity contribution is 5.45. The third-order valence-electron chi connectivity index (χ3n) is 3.44. The van der Waals surface area contributed by atoms with Crippen molar-refractivity contribution < 1.29 is 9.84 Å². The van der Waals surface area contributed by atoms with E-state index in [4.69, 9.17) is 4.74 Å². The molecular formula is C16H27NO2. The molecule has 0 fully saturated rings. The maximum absolute atomic E-state index is 9.51. The Labute approximate surface area is 117 Å². The van der Waals surface area contributed by atoms with Gasteiger partial charge in [0.25, 0.3) is 0 Å². The normalized spacial score (nSPS) is 14.5. The molecule has 1 N–H and O–H groups in total. The molecule has 0 saturated heterocycles. The fourth-order valence-electron chi connectivity index (χ4n) is 2.74. The van der Waals surface area contributed by atoms with Gasteiger partial charge in [0, 0.05) is 18.2 Å². The van der Waals surface area contributed by atoms with Crippen LogP contribution in [0.25, 0.3) is 0 Å². The van der Waals surface area contributed by atoms with E-state index < -0.39 is 0 Å². The van der Waals surface area contributed by atoms with Crippen molar-refractivity contribution in [2.24, 2.45) is 5.92 Å². The summed E-state index contributed by atoms with van der Waals surface area (Å²) in [4.78, 5) is 2.15. The molecule has 3 nitrogen and oxygen atoms in total. The Morgan fingerprint density at radius 3 is 2.37 bits per heavy atom. The molecule has 1 aromatic carbocycles. The molecule has 0 spiro atoms. The zero-order valence-electron chi connectivity index (χ0n) is 13.0. The lowest BCUT2D eigenvalue weighted by Crippen LogP contribution is -2.28. The summed E-state index contributed by atoms with van der Waals surface area (Å²) in [6.07, 6.45) is 0. The van der Waals surface area contributed by atoms with E-state index in [1.165, 1.54) is 11.1 Å². The van der Waals surface area contributed by atoms with E-state index in [0.717, 1.165) is 11.3 Å². The third kappa shape index (κ3) is 3.71. The van der Waals surface area contributed by atoms with Crippen LogP contribution >= 0.6 is 0 Å². The molecule has 0 amide bonds. The minimum absolute atomic E-state index is 0.158. The van der Waals surface area contributed by atoms with Gasteiger partial charge in [-0.25, -0.2) is 0 Å². The monoisotopic (exact) mass is 265 g/mol. The molecule has 1 rings (SSSR count). The topological polar surface area (TPSA) is 32.7 Å². The summed E-state index contributed by atoms with van der Waals surface area (Å²) >= 11 is 0. The Balaban J connectivity index is 3.35. The van der Waals surface area contributed by atoms with Gasteiger partial charge in [0.15, 0.2) is 0 Å². The van der Waals surface area contributed by atoms with E-state index >= 15 is 0 Å². The van der Waals surface area contributed by atoms with Crippen molar-refractivity contribution in [3.63, 3.8) is 0 Å². The number of benzene rings is 1. The molecule has 3 heteroatoms. The van der Waals surface area contributed by atoms with Crippen LogP contribution in [0.2, 0.25) is 0 Å². The lowest BCUT2D eigenvalue weighted by atomic mass is 9.91. The highest BCUT2D eigenvalue weighted by atomic mass is 16.5. The molecule has 108 valence electrons. The molecule has 0 bridgehead atoms. The minimum Gasteiger partial charge on any atom is -0.493 e. The van der Waals surface area contributed by atoms with Crippen LogP contribution in [-0.4, -0.2) is 37.3 Å². The third-order valence-corrected chi connectivity index (χ3v) is 3.44. The highest BCUT2D eigenvalue weighted by Crippen LogP contribution is 2.36. The maximum Gasteiger partial charge on any atom is 0.126 e. The van der Waals surface area contributed by atoms with Crippen LogP contribution in [0, 0.1) is 19.8 Å². The van der Waals surface area contributed by atoms with Gasteiger partial charge >= 0.3 is 0 Å². The Kier molecular flexibility index (Phi) is 5.83. The molecule has 0 saturated carbocycles. The molecular weight excluding hydrogens is 238 g/mol. The van der Waals surface area contributed by atoms with Crippen molar-refractivity contribution in [1.82, 2.24) is 4.90 Å². The SMILES string of the molecule is CCOc1c(C)cc(C)cc1C(C(C)CO)N(C)C. The van der Waals surface area contributed by atoms with E-state index in [1.807, 2.05) is 21.0 Å². The number of nitrogens with zero attached hydrogens (tertiary/aromatic N) is 1. The predicted molar refractivity (Wildman–Crippen MR) is 79.8 cm³/mol. The van der Waals surface area contributed by atoms with Crippen LogP contribution in [-0.2, 0) is 0 Å². The van der Waals surface area contributed by atoms with Gasteiger partial charge in [-0.2, -0.15) is 0 Å². The number of hydrogen-bond donors (Lipinski definition) is 1. The van der Waals surface area contributed by atoms with Gasteiger partial charge < -0.3 is 14.7 Å². The smallest absolute Gasteiger partial charge is 0.126 e. The van der Waals surface area contributed by atoms with Gasteiger partial charge in [-0.15, -0.1) is 0 Å². The first-order chi connectivity index (χ1) is 8.92. The first-order valence-electron chi connectivity index (χ1n) is 6.93. The van der Waals surface area contributed by atoms with Gasteiger partial charge in [0.2, 0.25) is 0 Å². The van der Waals surface area contributed by atoms with Crippen LogP contribution < -0.4 is 4.74 Å². The lowest BCUT2D eigenvalue weighted by molar-refractivity contribution is 0.142. The van der Waals surface area contributed by atoms with Gasteiger partial charge in [0.1, 0.15) is 5.75 Å². The summed E-state index contributed by atoms with van der Waals surface area (Å²) in [6, 6.07) is 4.48. The van der Waals surface area contributed by atoms with Crippen LogP contribution in [0.3, 0.4) is 0 Å². The van der Waals surface area contributed by atoms with E-state index in [9.17, 15) is 5.11 Å². The molecule has 0 heterocycles. The minimum atomic E-state index is 0.158. The van der Waals surface area contributed by atoms with Gasteiger partial charge in [-0.05, 0) is 46.3 Å². The molecule has 0 aliphatic carbocycles. The molecule has 1 aromatic rings. The van der Waals surface area contributed by atoms with Gasteiger partial charge in [0.05, 0.1) is 6.61 Å². The van der Waals surface area contributed by atoms with E-state index in [1.54, 1.807) is 0 Å². The number of aliphatic hydroxyl groups excluding tert-OH is 1. The Morgan fingerprint density at radius 1 is 1.26 bits per heavy atom. The first-order valence-corrected chi connectivity index (χ1v) is 6.93. The van der Waals surface area contributed by atoms with Crippen LogP contribution in [0.1, 0.15) is 36.6 Å². The number of aliphatic hydroxyl groups is 1. The summed E-state index contributed by atoms with van der Waals surface area (Å²) in [5.41, 5.74) is 3.56. The van der Waals surface area contributed by atoms with E-state index in [0.29, 0.717) is 6.61 Å². The van der Waals surface area contributed by atoms with Gasteiger partial charge in [-0.1, -0.05) is 24.6 Å². The fraction of sp³-hybridized carbons (Fsp3) is 0.625. The Morgan fingerprint density at radius 2 is 1.89 bits per heavy atom. The highest BCUT2D eigenvalue weighted by Gasteiger charge is 2.25.